The molecule has 0 heterocycles. The van der Waals surface area contributed by atoms with Crippen molar-refractivity contribution < 1.29 is 9.47 Å². The van der Waals surface area contributed by atoms with Gasteiger partial charge in [-0.2, -0.15) is 0 Å². The Labute approximate surface area is 143 Å². The first-order chi connectivity index (χ1) is 9.63. The Hall–Kier alpha value is -1.18. The summed E-state index contributed by atoms with van der Waals surface area (Å²) in [6.07, 6.45) is 1.11. The minimum absolute atomic E-state index is 0. The Morgan fingerprint density at radius 2 is 2.00 bits per heavy atom. The second-order valence-corrected chi connectivity index (χ2v) is 4.94. The molecule has 0 saturated heterocycles. The number of guanidine groups is 1. The maximum absolute atomic E-state index is 5.94. The zero-order chi connectivity index (χ0) is 14.5. The number of benzene rings is 1. The van der Waals surface area contributed by atoms with Gasteiger partial charge in [-0.1, -0.05) is 6.92 Å². The molecule has 0 aromatic heterocycles. The van der Waals surface area contributed by atoms with E-state index in [0.717, 1.165) is 23.6 Å². The van der Waals surface area contributed by atoms with E-state index in [1.54, 1.807) is 0 Å². The summed E-state index contributed by atoms with van der Waals surface area (Å²) in [5, 5.41) is 3.11. The number of aliphatic imine (C=N–C) groups is 1. The minimum atomic E-state index is 0. The van der Waals surface area contributed by atoms with E-state index in [9.17, 15) is 0 Å². The minimum Gasteiger partial charge on any atom is -0.494 e. The number of hydrogen-bond acceptors (Lipinski definition) is 3. The third-order valence-corrected chi connectivity index (χ3v) is 3.20. The molecule has 0 radical (unpaired) electrons. The van der Waals surface area contributed by atoms with Crippen molar-refractivity contribution in [3.8, 4) is 11.5 Å². The average Bonchev–Trinajstić information content (AvgIpc) is 3.08. The van der Waals surface area contributed by atoms with Gasteiger partial charge in [-0.05, 0) is 38.3 Å². The summed E-state index contributed by atoms with van der Waals surface area (Å²) in [7, 11) is 0. The fourth-order valence-corrected chi connectivity index (χ4v) is 1.98. The lowest BCUT2D eigenvalue weighted by Gasteiger charge is -2.13. The molecule has 2 unspecified atom stereocenters. The molecule has 1 fully saturated rings. The number of nitrogens with two attached hydrogens (primary N) is 1. The number of anilines is 1. The summed E-state index contributed by atoms with van der Waals surface area (Å²) in [4.78, 5) is 4.43. The van der Waals surface area contributed by atoms with Crippen LogP contribution in [0.15, 0.2) is 23.2 Å². The van der Waals surface area contributed by atoms with Crippen LogP contribution < -0.4 is 20.5 Å². The first-order valence-corrected chi connectivity index (χ1v) is 7.14. The number of rotatable bonds is 6. The van der Waals surface area contributed by atoms with Gasteiger partial charge in [0.05, 0.1) is 24.9 Å². The van der Waals surface area contributed by atoms with Crippen molar-refractivity contribution in [1.82, 2.24) is 0 Å². The van der Waals surface area contributed by atoms with Crippen LogP contribution in [0.3, 0.4) is 0 Å². The topological polar surface area (TPSA) is 68.9 Å². The van der Waals surface area contributed by atoms with E-state index in [2.05, 4.69) is 17.2 Å². The molecule has 1 saturated carbocycles. The molecule has 2 atom stereocenters. The van der Waals surface area contributed by atoms with E-state index in [0.29, 0.717) is 31.1 Å². The average molecular weight is 405 g/mol. The highest BCUT2D eigenvalue weighted by molar-refractivity contribution is 14.0. The number of nitrogens with one attached hydrogen (secondary N) is 1. The normalized spacial score (nSPS) is 20.4. The molecule has 2 rings (SSSR count). The van der Waals surface area contributed by atoms with Gasteiger partial charge >= 0.3 is 0 Å². The lowest BCUT2D eigenvalue weighted by atomic mass is 10.2. The number of nitrogens with zero attached hydrogens (tertiary/aromatic N) is 1. The number of ether oxygens (including phenoxy) is 2. The van der Waals surface area contributed by atoms with Gasteiger partial charge in [-0.25, -0.2) is 4.99 Å². The summed E-state index contributed by atoms with van der Waals surface area (Å²) in [6, 6.07) is 6.00. The van der Waals surface area contributed by atoms with Gasteiger partial charge < -0.3 is 20.5 Å². The highest BCUT2D eigenvalue weighted by Gasteiger charge is 2.32. The Bertz CT molecular complexity index is 494. The van der Waals surface area contributed by atoms with Gasteiger partial charge in [0.15, 0.2) is 5.96 Å². The van der Waals surface area contributed by atoms with Gasteiger partial charge in [0.1, 0.15) is 11.5 Å². The predicted molar refractivity (Wildman–Crippen MR) is 97.0 cm³/mol. The maximum atomic E-state index is 5.94. The fraction of sp³-hybridized carbons (Fsp3) is 0.533. The van der Waals surface area contributed by atoms with E-state index in [-0.39, 0.29) is 24.0 Å². The van der Waals surface area contributed by atoms with Gasteiger partial charge in [0.25, 0.3) is 0 Å². The Balaban J connectivity index is 0.00000220. The van der Waals surface area contributed by atoms with Crippen molar-refractivity contribution in [2.24, 2.45) is 16.6 Å². The monoisotopic (exact) mass is 405 g/mol. The molecule has 118 valence electrons. The van der Waals surface area contributed by atoms with E-state index in [1.807, 2.05) is 32.0 Å². The van der Waals surface area contributed by atoms with Crippen molar-refractivity contribution in [2.75, 3.05) is 18.5 Å². The van der Waals surface area contributed by atoms with Gasteiger partial charge in [0, 0.05) is 6.07 Å². The molecule has 0 aliphatic heterocycles. The van der Waals surface area contributed by atoms with Crippen LogP contribution in [0.4, 0.5) is 5.69 Å². The highest BCUT2D eigenvalue weighted by Crippen LogP contribution is 2.33. The van der Waals surface area contributed by atoms with Crippen molar-refractivity contribution in [1.29, 1.82) is 0 Å². The zero-order valence-corrected chi connectivity index (χ0v) is 15.1. The fourth-order valence-electron chi connectivity index (χ4n) is 1.98. The standard InChI is InChI=1S/C15H23N3O2.HI/c1-4-19-11-6-7-14(20-5-2)13(9-11)18-15(16)17-12-8-10(12)3;/h6-7,9-10,12H,4-5,8H2,1-3H3,(H3,16,17,18);1H. The largest absolute Gasteiger partial charge is 0.494 e. The Morgan fingerprint density at radius 1 is 1.33 bits per heavy atom. The van der Waals surface area contributed by atoms with Crippen LogP contribution in [-0.4, -0.2) is 25.2 Å². The van der Waals surface area contributed by atoms with Crippen LogP contribution in [-0.2, 0) is 0 Å². The van der Waals surface area contributed by atoms with Crippen LogP contribution in [0.5, 0.6) is 11.5 Å². The Morgan fingerprint density at radius 3 is 2.57 bits per heavy atom. The summed E-state index contributed by atoms with van der Waals surface area (Å²) in [5.41, 5.74) is 6.73. The summed E-state index contributed by atoms with van der Waals surface area (Å²) >= 11 is 0. The van der Waals surface area contributed by atoms with Gasteiger partial charge in [-0.15, -0.1) is 24.0 Å². The molecule has 1 aliphatic rings. The maximum Gasteiger partial charge on any atom is 0.193 e. The summed E-state index contributed by atoms with van der Waals surface area (Å²) in [5.74, 6) is 2.59. The third-order valence-electron chi connectivity index (χ3n) is 3.20. The molecule has 1 aliphatic carbocycles. The van der Waals surface area contributed by atoms with Crippen LogP contribution >= 0.6 is 24.0 Å². The van der Waals surface area contributed by atoms with Crippen LogP contribution in [0.2, 0.25) is 0 Å². The lowest BCUT2D eigenvalue weighted by molar-refractivity contribution is 0.332. The molecule has 0 amide bonds. The predicted octanol–water partition coefficient (Wildman–Crippen LogP) is 3.24. The van der Waals surface area contributed by atoms with Crippen molar-refractivity contribution in [2.45, 2.75) is 33.2 Å². The Kier molecular flexibility index (Phi) is 7.07. The van der Waals surface area contributed by atoms with E-state index < -0.39 is 0 Å². The second-order valence-electron chi connectivity index (χ2n) is 4.94. The highest BCUT2D eigenvalue weighted by atomic mass is 127. The molecular weight excluding hydrogens is 381 g/mol. The summed E-state index contributed by atoms with van der Waals surface area (Å²) < 4.78 is 11.1. The number of hydrogen-bond donors (Lipinski definition) is 2. The van der Waals surface area contributed by atoms with Crippen LogP contribution in [0.25, 0.3) is 0 Å². The molecule has 5 nitrogen and oxygen atoms in total. The molecule has 3 N–H and O–H groups in total. The molecule has 1 aromatic carbocycles. The molecule has 6 heteroatoms. The third kappa shape index (κ3) is 5.26. The second kappa shape index (κ2) is 8.31. The smallest absolute Gasteiger partial charge is 0.193 e. The van der Waals surface area contributed by atoms with Crippen molar-refractivity contribution in [3.63, 3.8) is 0 Å². The van der Waals surface area contributed by atoms with E-state index in [4.69, 9.17) is 15.2 Å². The quantitative estimate of drug-likeness (QED) is 0.433. The first kappa shape index (κ1) is 17.9. The first-order valence-electron chi connectivity index (χ1n) is 7.14. The SMILES string of the molecule is CCOc1ccc(OCC)c(NC(N)=NC2CC2C)c1.I. The lowest BCUT2D eigenvalue weighted by Crippen LogP contribution is -2.23. The van der Waals surface area contributed by atoms with E-state index in [1.165, 1.54) is 0 Å². The van der Waals surface area contributed by atoms with Crippen LogP contribution in [0.1, 0.15) is 27.2 Å². The van der Waals surface area contributed by atoms with Crippen molar-refractivity contribution in [3.05, 3.63) is 18.2 Å². The molecule has 1 aromatic rings. The zero-order valence-electron chi connectivity index (χ0n) is 12.8. The van der Waals surface area contributed by atoms with Gasteiger partial charge in [0.2, 0.25) is 0 Å². The molecule has 21 heavy (non-hydrogen) atoms. The van der Waals surface area contributed by atoms with E-state index >= 15 is 0 Å². The van der Waals surface area contributed by atoms with Crippen LogP contribution in [0, 0.1) is 5.92 Å². The van der Waals surface area contributed by atoms with Gasteiger partial charge in [-0.3, -0.25) is 0 Å². The molecule has 0 spiro atoms. The number of halogens is 1. The van der Waals surface area contributed by atoms with Crippen molar-refractivity contribution >= 4 is 35.6 Å². The molecular formula is C15H24IN3O2. The molecule has 0 bridgehead atoms. The summed E-state index contributed by atoms with van der Waals surface area (Å²) in [6.45, 7) is 7.29.